The van der Waals surface area contributed by atoms with Gasteiger partial charge in [0.1, 0.15) is 14.8 Å². The number of rotatable bonds is 10. The molecular formula is C36H60N2P2+2. The Hall–Kier alpha value is -0.320. The second-order valence-electron chi connectivity index (χ2n) is 15.1. The molecule has 0 saturated heterocycles. The highest BCUT2D eigenvalue weighted by Crippen LogP contribution is 2.80. The van der Waals surface area contributed by atoms with Gasteiger partial charge in [0, 0.05) is 0 Å². The Labute approximate surface area is 248 Å². The molecule has 0 aromatic heterocycles. The van der Waals surface area contributed by atoms with E-state index in [1.54, 1.807) is 11.4 Å². The third kappa shape index (κ3) is 5.21. The van der Waals surface area contributed by atoms with E-state index in [0.29, 0.717) is 0 Å². The van der Waals surface area contributed by atoms with Crippen LogP contribution in [0.15, 0.2) is 24.3 Å². The molecule has 222 valence electrons. The minimum absolute atomic E-state index is 0.991. The lowest BCUT2D eigenvalue weighted by atomic mass is 10.3. The van der Waals surface area contributed by atoms with Crippen molar-refractivity contribution in [2.24, 2.45) is 0 Å². The Morgan fingerprint density at radius 3 is 0.750 bits per heavy atom. The van der Waals surface area contributed by atoms with Crippen molar-refractivity contribution in [2.45, 2.75) is 188 Å². The Morgan fingerprint density at radius 1 is 0.350 bits per heavy atom. The van der Waals surface area contributed by atoms with Crippen molar-refractivity contribution in [1.82, 2.24) is 0 Å². The van der Waals surface area contributed by atoms with Gasteiger partial charge in [-0.15, -0.1) is 0 Å². The van der Waals surface area contributed by atoms with Crippen LogP contribution < -0.4 is 10.2 Å². The van der Waals surface area contributed by atoms with Gasteiger partial charge in [0.05, 0.1) is 45.3 Å². The molecule has 0 aliphatic heterocycles. The van der Waals surface area contributed by atoms with Crippen LogP contribution in [-0.4, -0.2) is 34.0 Å². The van der Waals surface area contributed by atoms with E-state index in [9.17, 15) is 0 Å². The second-order valence-corrected chi connectivity index (χ2v) is 23.2. The molecule has 0 bridgehead atoms. The number of hydrogen-bond acceptors (Lipinski definition) is 2. The molecule has 1 aromatic carbocycles. The molecule has 0 heterocycles. The van der Waals surface area contributed by atoms with Crippen LogP contribution in [0.4, 0.5) is 11.4 Å². The zero-order chi connectivity index (χ0) is 26.8. The van der Waals surface area contributed by atoms with Gasteiger partial charge in [-0.3, -0.25) is 10.2 Å². The first-order chi connectivity index (χ1) is 19.8. The third-order valence-corrected chi connectivity index (χ3v) is 24.7. The molecule has 7 rings (SSSR count). The minimum atomic E-state index is -1.31. The van der Waals surface area contributed by atoms with Crippen molar-refractivity contribution < 1.29 is 0 Å². The lowest BCUT2D eigenvalue weighted by Crippen LogP contribution is -2.35. The smallest absolute Gasteiger partial charge is 0.111 e. The Kier molecular flexibility index (Phi) is 9.05. The lowest BCUT2D eigenvalue weighted by molar-refractivity contribution is 0.754. The Morgan fingerprint density at radius 2 is 0.550 bits per heavy atom. The molecule has 40 heavy (non-hydrogen) atoms. The van der Waals surface area contributed by atoms with E-state index >= 15 is 0 Å². The molecule has 4 heteroatoms. The summed E-state index contributed by atoms with van der Waals surface area (Å²) in [4.78, 5) is 0. The van der Waals surface area contributed by atoms with Gasteiger partial charge in [0.25, 0.3) is 0 Å². The molecule has 6 aliphatic carbocycles. The lowest BCUT2D eigenvalue weighted by Gasteiger charge is -2.44. The van der Waals surface area contributed by atoms with Gasteiger partial charge in [-0.25, -0.2) is 0 Å². The topological polar surface area (TPSA) is 24.1 Å². The van der Waals surface area contributed by atoms with Gasteiger partial charge >= 0.3 is 0 Å². The van der Waals surface area contributed by atoms with Crippen molar-refractivity contribution in [3.63, 3.8) is 0 Å². The summed E-state index contributed by atoms with van der Waals surface area (Å²) in [6, 6.07) is 9.84. The van der Waals surface area contributed by atoms with E-state index in [2.05, 4.69) is 24.3 Å². The van der Waals surface area contributed by atoms with E-state index in [1.165, 1.54) is 154 Å². The zero-order valence-corrected chi connectivity index (χ0v) is 27.4. The number of hydrogen-bond donors (Lipinski definition) is 2. The summed E-state index contributed by atoms with van der Waals surface area (Å²) in [6.07, 6.45) is 36.2. The van der Waals surface area contributed by atoms with Gasteiger partial charge in [0.15, 0.2) is 0 Å². The van der Waals surface area contributed by atoms with Crippen LogP contribution in [0.5, 0.6) is 0 Å². The maximum Gasteiger partial charge on any atom is 0.111 e. The van der Waals surface area contributed by atoms with E-state index < -0.39 is 14.8 Å². The molecule has 0 atom stereocenters. The number of para-hydroxylation sites is 2. The summed E-state index contributed by atoms with van der Waals surface area (Å²) in [5.74, 6) is 0. The third-order valence-electron chi connectivity index (χ3n) is 13.1. The summed E-state index contributed by atoms with van der Waals surface area (Å²) >= 11 is 0. The van der Waals surface area contributed by atoms with Crippen molar-refractivity contribution in [1.29, 1.82) is 0 Å². The normalized spacial score (nSPS) is 27.0. The van der Waals surface area contributed by atoms with Gasteiger partial charge in [-0.05, 0) is 166 Å². The number of benzene rings is 1. The van der Waals surface area contributed by atoms with Crippen molar-refractivity contribution in [3.8, 4) is 0 Å². The largest absolute Gasteiger partial charge is 0.258 e. The maximum absolute atomic E-state index is 4.75. The first kappa shape index (κ1) is 28.5. The minimum Gasteiger partial charge on any atom is -0.258 e. The van der Waals surface area contributed by atoms with Gasteiger partial charge in [0.2, 0.25) is 0 Å². The van der Waals surface area contributed by atoms with Gasteiger partial charge in [-0.2, -0.15) is 0 Å². The highest BCUT2D eigenvalue weighted by molar-refractivity contribution is 7.80. The quantitative estimate of drug-likeness (QED) is 0.268. The van der Waals surface area contributed by atoms with Crippen molar-refractivity contribution >= 4 is 26.2 Å². The van der Waals surface area contributed by atoms with Crippen LogP contribution in [0.25, 0.3) is 0 Å². The summed E-state index contributed by atoms with van der Waals surface area (Å²) in [5.41, 5.74) is 9.06. The average Bonchev–Trinajstić information content (AvgIpc) is 3.84. The fourth-order valence-corrected chi connectivity index (χ4v) is 24.6. The predicted molar refractivity (Wildman–Crippen MR) is 181 cm³/mol. The molecule has 1 aromatic rings. The number of nitrogens with one attached hydrogen (secondary N) is 2. The fraction of sp³-hybridized carbons (Fsp3) is 0.833. The Balaban J connectivity index is 1.29. The fourth-order valence-electron chi connectivity index (χ4n) is 11.4. The van der Waals surface area contributed by atoms with Crippen LogP contribution in [-0.2, 0) is 0 Å². The standard InChI is InChI=1S/C36H60N2P2/c1-2-16-29(15-1)39(30-17-3-4-18-30,31-19-5-6-20-31)37-35-27-13-14-28-36(35)38-40(32-21-7-8-22-32,33-23-9-10-24-33)34-25-11-12-26-34/h13-14,27-34,37-38H,1-12,15-26H2/q+2. The summed E-state index contributed by atoms with van der Waals surface area (Å²) in [5, 5.41) is 9.50. The van der Waals surface area contributed by atoms with Gasteiger partial charge < -0.3 is 0 Å². The molecule has 2 nitrogen and oxygen atoms in total. The molecular weight excluding hydrogens is 522 g/mol. The first-order valence-corrected chi connectivity index (χ1v) is 22.2. The molecule has 2 N–H and O–H groups in total. The summed E-state index contributed by atoms with van der Waals surface area (Å²) < 4.78 is 0. The molecule has 0 unspecified atom stereocenters. The molecule has 6 saturated carbocycles. The van der Waals surface area contributed by atoms with E-state index in [0.717, 1.165) is 34.0 Å². The van der Waals surface area contributed by atoms with Crippen LogP contribution in [0.3, 0.4) is 0 Å². The van der Waals surface area contributed by atoms with Crippen LogP contribution >= 0.6 is 14.8 Å². The SMILES string of the molecule is c1ccc(N[P+](C2CCCC2)(C2CCCC2)C2CCCC2)c(N[P+](C2CCCC2)(C2CCCC2)C2CCCC2)c1. The van der Waals surface area contributed by atoms with Crippen LogP contribution in [0, 0.1) is 0 Å². The number of anilines is 2. The van der Waals surface area contributed by atoms with Gasteiger partial charge in [-0.1, -0.05) is 12.1 Å². The predicted octanol–water partition coefficient (Wildman–Crippen LogP) is 12.0. The van der Waals surface area contributed by atoms with E-state index in [4.69, 9.17) is 10.2 Å². The highest BCUT2D eigenvalue weighted by atomic mass is 31.2. The van der Waals surface area contributed by atoms with E-state index in [-0.39, 0.29) is 0 Å². The maximum atomic E-state index is 4.75. The Bertz CT molecular complexity index is 785. The van der Waals surface area contributed by atoms with Crippen LogP contribution in [0.1, 0.15) is 154 Å². The molecule has 0 spiro atoms. The van der Waals surface area contributed by atoms with Crippen molar-refractivity contribution in [3.05, 3.63) is 24.3 Å². The second kappa shape index (κ2) is 12.7. The van der Waals surface area contributed by atoms with Crippen LogP contribution in [0.2, 0.25) is 0 Å². The summed E-state index contributed by atoms with van der Waals surface area (Å²) in [6.45, 7) is 0. The monoisotopic (exact) mass is 582 g/mol. The molecule has 0 amide bonds. The van der Waals surface area contributed by atoms with Crippen molar-refractivity contribution in [2.75, 3.05) is 10.2 Å². The molecule has 6 fully saturated rings. The van der Waals surface area contributed by atoms with E-state index in [1.807, 2.05) is 0 Å². The first-order valence-electron chi connectivity index (χ1n) is 18.2. The molecule has 6 aliphatic rings. The highest BCUT2D eigenvalue weighted by Gasteiger charge is 2.61. The summed E-state index contributed by atoms with van der Waals surface area (Å²) in [7, 11) is -2.61. The molecule has 0 radical (unpaired) electrons. The zero-order valence-electron chi connectivity index (χ0n) is 25.6. The average molecular weight is 583 g/mol.